The molecule has 0 spiro atoms. The summed E-state index contributed by atoms with van der Waals surface area (Å²) in [6.07, 6.45) is 53.8. The van der Waals surface area contributed by atoms with Crippen LogP contribution in [-0.4, -0.2) is 37.0 Å². The van der Waals surface area contributed by atoms with E-state index in [-0.39, 0.29) is 19.2 Å². The van der Waals surface area contributed by atoms with Gasteiger partial charge in [-0.3, -0.25) is 4.79 Å². The number of esters is 1. The zero-order valence-electron chi connectivity index (χ0n) is 30.8. The molecular weight excluding hydrogens is 580 g/mol. The summed E-state index contributed by atoms with van der Waals surface area (Å²) in [6.45, 7) is 5.15. The lowest BCUT2D eigenvalue weighted by atomic mass is 10.1. The number of aliphatic hydroxyl groups is 1. The number of ether oxygens (including phenoxy) is 2. The Bertz CT molecular complexity index is 820. The molecule has 0 aliphatic carbocycles. The molecule has 47 heavy (non-hydrogen) atoms. The Kier molecular flexibility index (Phi) is 38.2. The Balaban J connectivity index is 3.52. The van der Waals surface area contributed by atoms with Gasteiger partial charge in [-0.15, -0.1) is 0 Å². The lowest BCUT2D eigenvalue weighted by molar-refractivity contribution is -0.154. The van der Waals surface area contributed by atoms with Gasteiger partial charge in [0.25, 0.3) is 0 Å². The van der Waals surface area contributed by atoms with Gasteiger partial charge in [0.15, 0.2) is 0 Å². The van der Waals surface area contributed by atoms with Crippen molar-refractivity contribution >= 4 is 5.97 Å². The number of carbonyl (C=O) groups is 1. The second-order valence-corrected chi connectivity index (χ2v) is 12.6. The first-order valence-electron chi connectivity index (χ1n) is 19.5. The number of carbonyl (C=O) groups excluding carboxylic acids is 1. The summed E-state index contributed by atoms with van der Waals surface area (Å²) in [5, 5.41) is 9.56. The van der Waals surface area contributed by atoms with Crippen LogP contribution < -0.4 is 0 Å². The van der Waals surface area contributed by atoms with Gasteiger partial charge in [0.1, 0.15) is 6.10 Å². The molecule has 0 radical (unpaired) electrons. The summed E-state index contributed by atoms with van der Waals surface area (Å²) in [5.74, 6) is -0.236. The minimum atomic E-state index is -0.558. The Morgan fingerprint density at radius 2 is 0.957 bits per heavy atom. The molecule has 0 aromatic rings. The molecule has 0 heterocycles. The van der Waals surface area contributed by atoms with Crippen molar-refractivity contribution in [1.29, 1.82) is 0 Å². The largest absolute Gasteiger partial charge is 0.457 e. The van der Waals surface area contributed by atoms with Gasteiger partial charge in [-0.2, -0.15) is 0 Å². The van der Waals surface area contributed by atoms with Crippen LogP contribution in [0.2, 0.25) is 0 Å². The molecule has 0 aromatic heterocycles. The highest BCUT2D eigenvalue weighted by Gasteiger charge is 2.13. The zero-order chi connectivity index (χ0) is 34.1. The topological polar surface area (TPSA) is 55.8 Å². The van der Waals surface area contributed by atoms with E-state index in [4.69, 9.17) is 9.47 Å². The highest BCUT2D eigenvalue weighted by atomic mass is 16.6. The molecule has 1 atom stereocenters. The van der Waals surface area contributed by atoms with Crippen LogP contribution in [0.4, 0.5) is 0 Å². The molecule has 0 aliphatic rings. The molecule has 4 nitrogen and oxygen atoms in total. The SMILES string of the molecule is CC/C=C\C/C=C\C/C=C\CCCCCC(=O)OC(CO)COCCCCCCCCC/C=C\C/C=C\C/C=C\CCCCCCC. The second kappa shape index (κ2) is 40.0. The van der Waals surface area contributed by atoms with Gasteiger partial charge in [0.05, 0.1) is 13.2 Å². The molecular formula is C43H74O4. The molecule has 0 amide bonds. The Hall–Kier alpha value is -2.17. The summed E-state index contributed by atoms with van der Waals surface area (Å²) >= 11 is 0. The highest BCUT2D eigenvalue weighted by Crippen LogP contribution is 2.11. The van der Waals surface area contributed by atoms with Crippen molar-refractivity contribution in [3.8, 4) is 0 Å². The molecule has 1 N–H and O–H groups in total. The van der Waals surface area contributed by atoms with Gasteiger partial charge < -0.3 is 14.6 Å². The van der Waals surface area contributed by atoms with E-state index in [1.807, 2.05) is 0 Å². The fourth-order valence-electron chi connectivity index (χ4n) is 5.11. The predicted molar refractivity (Wildman–Crippen MR) is 205 cm³/mol. The normalized spacial score (nSPS) is 13.2. The molecule has 270 valence electrons. The smallest absolute Gasteiger partial charge is 0.306 e. The van der Waals surface area contributed by atoms with Crippen molar-refractivity contribution in [2.24, 2.45) is 0 Å². The van der Waals surface area contributed by atoms with Crippen LogP contribution in [0.15, 0.2) is 72.9 Å². The zero-order valence-corrected chi connectivity index (χ0v) is 30.8. The van der Waals surface area contributed by atoms with Gasteiger partial charge >= 0.3 is 5.97 Å². The van der Waals surface area contributed by atoms with Crippen LogP contribution >= 0.6 is 0 Å². The third-order valence-corrected chi connectivity index (χ3v) is 8.02. The maximum Gasteiger partial charge on any atom is 0.306 e. The average Bonchev–Trinajstić information content (AvgIpc) is 3.08. The fourth-order valence-corrected chi connectivity index (χ4v) is 5.11. The molecule has 0 saturated carbocycles. The Morgan fingerprint density at radius 1 is 0.532 bits per heavy atom. The Morgan fingerprint density at radius 3 is 1.45 bits per heavy atom. The van der Waals surface area contributed by atoms with E-state index in [0.29, 0.717) is 13.0 Å². The van der Waals surface area contributed by atoms with E-state index in [1.165, 1.54) is 77.0 Å². The van der Waals surface area contributed by atoms with Gasteiger partial charge in [-0.25, -0.2) is 0 Å². The monoisotopic (exact) mass is 655 g/mol. The number of unbranched alkanes of at least 4 members (excludes halogenated alkanes) is 15. The number of aliphatic hydroxyl groups excluding tert-OH is 1. The first kappa shape index (κ1) is 44.8. The van der Waals surface area contributed by atoms with Crippen LogP contribution in [0.25, 0.3) is 0 Å². The van der Waals surface area contributed by atoms with Crippen LogP contribution in [0.5, 0.6) is 0 Å². The summed E-state index contributed by atoms with van der Waals surface area (Å²) < 4.78 is 11.1. The van der Waals surface area contributed by atoms with Crippen LogP contribution in [0, 0.1) is 0 Å². The lowest BCUT2D eigenvalue weighted by Crippen LogP contribution is -2.27. The van der Waals surface area contributed by atoms with E-state index in [2.05, 4.69) is 86.8 Å². The van der Waals surface area contributed by atoms with Crippen molar-refractivity contribution in [2.75, 3.05) is 19.8 Å². The highest BCUT2D eigenvalue weighted by molar-refractivity contribution is 5.69. The number of rotatable bonds is 35. The molecule has 4 heteroatoms. The number of hydrogen-bond donors (Lipinski definition) is 1. The van der Waals surface area contributed by atoms with Gasteiger partial charge in [0.2, 0.25) is 0 Å². The minimum absolute atomic E-state index is 0.192. The van der Waals surface area contributed by atoms with E-state index >= 15 is 0 Å². The summed E-state index contributed by atoms with van der Waals surface area (Å²) in [4.78, 5) is 12.1. The predicted octanol–water partition coefficient (Wildman–Crippen LogP) is 12.6. The van der Waals surface area contributed by atoms with Crippen LogP contribution in [0.1, 0.15) is 168 Å². The molecule has 0 fully saturated rings. The summed E-state index contributed by atoms with van der Waals surface area (Å²) in [5.41, 5.74) is 0. The standard InChI is InChI=1S/C43H74O4/c1-3-5-7-9-11-13-15-17-18-19-20-21-22-23-24-25-27-29-31-33-35-37-39-46-41-42(40-44)47-43(45)38-36-34-32-30-28-26-16-14-12-10-8-6-4-2/h6,8,12,14-15,17,19-20,22-23,26,28,42,44H,3-5,7,9-11,13,16,18,21,24-25,27,29-41H2,1-2H3/b8-6-,14-12-,17-15-,20-19-,23-22-,28-26-. The number of allylic oxidation sites excluding steroid dienone is 12. The van der Waals surface area contributed by atoms with E-state index in [9.17, 15) is 9.90 Å². The first-order chi connectivity index (χ1) is 23.2. The second-order valence-electron chi connectivity index (χ2n) is 12.6. The average molecular weight is 655 g/mol. The maximum absolute atomic E-state index is 12.1. The lowest BCUT2D eigenvalue weighted by Gasteiger charge is -2.15. The van der Waals surface area contributed by atoms with Crippen molar-refractivity contribution in [2.45, 2.75) is 174 Å². The van der Waals surface area contributed by atoms with Gasteiger partial charge in [0, 0.05) is 13.0 Å². The van der Waals surface area contributed by atoms with E-state index < -0.39 is 6.10 Å². The van der Waals surface area contributed by atoms with E-state index in [0.717, 1.165) is 70.6 Å². The third kappa shape index (κ3) is 38.2. The first-order valence-corrected chi connectivity index (χ1v) is 19.5. The molecule has 0 rings (SSSR count). The molecule has 0 aliphatic heterocycles. The summed E-state index contributed by atoms with van der Waals surface area (Å²) in [7, 11) is 0. The fraction of sp³-hybridized carbons (Fsp3) is 0.698. The third-order valence-electron chi connectivity index (χ3n) is 8.02. The van der Waals surface area contributed by atoms with Crippen molar-refractivity contribution in [3.05, 3.63) is 72.9 Å². The number of hydrogen-bond acceptors (Lipinski definition) is 4. The minimum Gasteiger partial charge on any atom is -0.457 e. The molecule has 1 unspecified atom stereocenters. The molecule has 0 bridgehead atoms. The molecule has 0 saturated heterocycles. The van der Waals surface area contributed by atoms with Gasteiger partial charge in [-0.1, -0.05) is 151 Å². The van der Waals surface area contributed by atoms with E-state index in [1.54, 1.807) is 0 Å². The van der Waals surface area contributed by atoms with Crippen molar-refractivity contribution in [1.82, 2.24) is 0 Å². The quantitative estimate of drug-likeness (QED) is 0.0420. The maximum atomic E-state index is 12.1. The van der Waals surface area contributed by atoms with Crippen molar-refractivity contribution < 1.29 is 19.4 Å². The summed E-state index contributed by atoms with van der Waals surface area (Å²) in [6, 6.07) is 0. The van der Waals surface area contributed by atoms with Crippen LogP contribution in [0.3, 0.4) is 0 Å². The Labute approximate surface area is 291 Å². The molecule has 0 aromatic carbocycles. The van der Waals surface area contributed by atoms with Crippen molar-refractivity contribution in [3.63, 3.8) is 0 Å². The van der Waals surface area contributed by atoms with Gasteiger partial charge in [-0.05, 0) is 83.5 Å². The van der Waals surface area contributed by atoms with Crippen LogP contribution in [-0.2, 0) is 14.3 Å².